The number of benzene rings is 2. The fraction of sp³-hybridized carbons (Fsp3) is 0.346. The molecule has 6 atom stereocenters. The molecule has 2 aliphatic rings. The Kier molecular flexibility index (Phi) is 20.2. The van der Waals surface area contributed by atoms with Gasteiger partial charge in [-0.25, -0.2) is 39.4 Å². The summed E-state index contributed by atoms with van der Waals surface area (Å²) in [5.74, 6) is -2.05. The van der Waals surface area contributed by atoms with Gasteiger partial charge in [-0.3, -0.25) is 24.5 Å². The Morgan fingerprint density at radius 1 is 0.613 bits per heavy atom. The minimum absolute atomic E-state index is 0.0424. The topological polar surface area (TPSA) is 201 Å². The fourth-order valence-corrected chi connectivity index (χ4v) is 12.6. The van der Waals surface area contributed by atoms with Gasteiger partial charge in [0.15, 0.2) is 11.6 Å². The van der Waals surface area contributed by atoms with Gasteiger partial charge in [0.05, 0.1) is 39.7 Å². The van der Waals surface area contributed by atoms with Crippen molar-refractivity contribution in [3.63, 3.8) is 0 Å². The second-order valence-corrected chi connectivity index (χ2v) is 22.8. The van der Waals surface area contributed by atoms with Gasteiger partial charge in [-0.05, 0) is 142 Å². The maximum absolute atomic E-state index is 14.7. The summed E-state index contributed by atoms with van der Waals surface area (Å²) in [6, 6.07) is 11.0. The van der Waals surface area contributed by atoms with Crippen molar-refractivity contribution in [2.45, 2.75) is 125 Å². The number of hydrogen-bond donors (Lipinski definition) is 2. The molecule has 6 heterocycles. The Labute approximate surface area is 459 Å². The van der Waals surface area contributed by atoms with E-state index in [1.54, 1.807) is 25.3 Å². The number of aryl methyl sites for hydroxylation is 4. The molecule has 0 radical (unpaired) electrons. The molecule has 2 fully saturated rings. The van der Waals surface area contributed by atoms with E-state index in [0.717, 1.165) is 98.4 Å². The summed E-state index contributed by atoms with van der Waals surface area (Å²) in [5.41, 5.74) is 1.64. The number of halogens is 11. The van der Waals surface area contributed by atoms with Gasteiger partial charge in [0.2, 0.25) is 20.0 Å². The predicted octanol–water partition coefficient (Wildman–Crippen LogP) is 8.96. The van der Waals surface area contributed by atoms with Crippen LogP contribution in [0.5, 0.6) is 0 Å². The number of sulfonamides is 2. The highest BCUT2D eigenvalue weighted by atomic mass is 35.5. The average Bonchev–Trinajstić information content (AvgIpc) is 3.92. The highest BCUT2D eigenvalue weighted by Gasteiger charge is 2.50. The van der Waals surface area contributed by atoms with Crippen LogP contribution in [-0.2, 0) is 54.8 Å². The molecule has 14 nitrogen and oxygen atoms in total. The summed E-state index contributed by atoms with van der Waals surface area (Å²) in [5, 5.41) is 17.4. The van der Waals surface area contributed by atoms with E-state index in [1.807, 2.05) is 6.92 Å². The van der Waals surface area contributed by atoms with Crippen molar-refractivity contribution in [3.05, 3.63) is 160 Å². The van der Waals surface area contributed by atoms with Gasteiger partial charge in [-0.2, -0.15) is 35.0 Å². The summed E-state index contributed by atoms with van der Waals surface area (Å²) in [7, 11) is -10.2. The number of aromatic nitrogens is 4. The van der Waals surface area contributed by atoms with E-state index in [2.05, 4.69) is 19.9 Å². The van der Waals surface area contributed by atoms with Crippen LogP contribution in [0, 0.1) is 25.5 Å². The Hall–Kier alpha value is -6.23. The van der Waals surface area contributed by atoms with Gasteiger partial charge < -0.3 is 10.0 Å². The van der Waals surface area contributed by atoms with E-state index in [9.17, 15) is 70.3 Å². The van der Waals surface area contributed by atoms with Crippen LogP contribution in [0.1, 0.15) is 73.2 Å². The zero-order valence-corrected chi connectivity index (χ0v) is 45.1. The lowest BCUT2D eigenvalue weighted by atomic mass is 9.82. The fourth-order valence-electron chi connectivity index (χ4n) is 8.78. The van der Waals surface area contributed by atoms with Crippen LogP contribution in [0.4, 0.5) is 43.9 Å². The van der Waals surface area contributed by atoms with Crippen molar-refractivity contribution in [2.75, 3.05) is 0 Å². The number of nitrogens with zero attached hydrogens (tertiary/aromatic N) is 6. The smallest absolute Gasteiger partial charge is 0.423 e. The lowest BCUT2D eigenvalue weighted by Crippen LogP contribution is -2.44. The molecule has 0 saturated carbocycles. The zero-order chi connectivity index (χ0) is 59.2. The van der Waals surface area contributed by atoms with E-state index in [-0.39, 0.29) is 53.1 Å². The van der Waals surface area contributed by atoms with Gasteiger partial charge in [-0.1, -0.05) is 17.7 Å². The Bertz CT molecular complexity index is 3370. The third-order valence-electron chi connectivity index (χ3n) is 13.3. The predicted molar refractivity (Wildman–Crippen MR) is 273 cm³/mol. The molecule has 0 bridgehead atoms. The highest BCUT2D eigenvalue weighted by Crippen LogP contribution is 2.37. The first-order valence-corrected chi connectivity index (χ1v) is 27.5. The summed E-state index contributed by atoms with van der Waals surface area (Å²) in [6.45, 7) is 6.41. The van der Waals surface area contributed by atoms with Crippen LogP contribution in [0.15, 0.2) is 120 Å². The zero-order valence-electron chi connectivity index (χ0n) is 42.7. The number of carbonyl (C=O) groups is 2. The minimum atomic E-state index is -4.57. The van der Waals surface area contributed by atoms with Crippen LogP contribution >= 0.6 is 11.6 Å². The van der Waals surface area contributed by atoms with E-state index in [0.29, 0.717) is 34.5 Å². The lowest BCUT2D eigenvalue weighted by molar-refractivity contribution is -0.141. The quantitative estimate of drug-likeness (QED) is 0.0597. The standard InChI is InChI=1S/C26H24F5N3O3S.C20H21ClF2N2O3S.C6H5BF3NO2/c1-15-13-32-22(18-4-10-25(33-14-18)26(29,30)31)11-17(15)3-9-24(35)23-12-21(28)16(2)34(23)38(36,37)20-7-5-19(27)6-8-20;1-12-11-24-20(21)9-14(12)3-8-19(26)18-10-17(23)13(2)25(18)29(27,28)16-6-4-15(22)5-7-16;8-6(9,10)5-2-1-4(3-11-5)7(12)13/h4-8,10-11,13-14,16,21,23H,3,9,12H2,1-2H3;4-7,9,11,13,17-18H,3,8,10H2,1-2H3;1-3,12-13H/t16-,21+,23-;13-,17+,18-;/m00./s1. The van der Waals surface area contributed by atoms with E-state index < -0.39 is 105 Å². The van der Waals surface area contributed by atoms with E-state index in [4.69, 9.17) is 21.6 Å². The average molecular weight is 1190 g/mol. The molecule has 4 aromatic heterocycles. The largest absolute Gasteiger partial charge is 0.490 e. The van der Waals surface area contributed by atoms with Crippen LogP contribution in [-0.4, -0.2) is 111 Å². The SMILES string of the molecule is Cc1cnc(-c2ccc(C(F)(F)F)nc2)cc1CCC(=O)[C@@H]1C[C@@H](F)[C@H](C)N1S(=O)(=O)c1ccc(F)cc1.Cc1cnc(Cl)cc1CCC(=O)[C@@H]1C[C@@H](F)[C@H](C)N1S(=O)(=O)c1ccc(F)cc1.OB(O)c1ccc(C(F)(F)F)nc1. The molecule has 8 rings (SSSR count). The van der Waals surface area contributed by atoms with Gasteiger partial charge >= 0.3 is 19.5 Å². The molecule has 2 N–H and O–H groups in total. The summed E-state index contributed by atoms with van der Waals surface area (Å²) < 4.78 is 184. The number of ketones is 2. The van der Waals surface area contributed by atoms with Crippen LogP contribution in [0.2, 0.25) is 5.15 Å². The molecule has 80 heavy (non-hydrogen) atoms. The maximum atomic E-state index is 14.7. The molecule has 0 amide bonds. The molecule has 0 aliphatic carbocycles. The van der Waals surface area contributed by atoms with Gasteiger partial charge in [0.1, 0.15) is 40.5 Å². The van der Waals surface area contributed by atoms with Crippen molar-refractivity contribution in [3.8, 4) is 11.3 Å². The molecule has 2 aromatic carbocycles. The third-order valence-corrected chi connectivity index (χ3v) is 17.5. The minimum Gasteiger partial charge on any atom is -0.423 e. The number of hydrogen-bond acceptors (Lipinski definition) is 12. The Morgan fingerprint density at radius 2 is 1.02 bits per heavy atom. The summed E-state index contributed by atoms with van der Waals surface area (Å²) >= 11 is 5.90. The molecule has 0 spiro atoms. The second kappa shape index (κ2) is 25.7. The molecule has 2 saturated heterocycles. The molecular formula is C52H50BClF10N6O8S2. The molecule has 28 heteroatoms. The molecule has 6 aromatic rings. The molecule has 0 unspecified atom stereocenters. The van der Waals surface area contributed by atoms with Gasteiger partial charge in [0, 0.05) is 61.5 Å². The Balaban J connectivity index is 0.000000216. The van der Waals surface area contributed by atoms with E-state index in [1.165, 1.54) is 26.1 Å². The number of pyridine rings is 4. The summed E-state index contributed by atoms with van der Waals surface area (Å²) in [6.07, 6.45) is -7.15. The first kappa shape index (κ1) is 63.0. The summed E-state index contributed by atoms with van der Waals surface area (Å²) in [4.78, 5) is 40.3. The Morgan fingerprint density at radius 3 is 1.41 bits per heavy atom. The van der Waals surface area contributed by atoms with Crippen molar-refractivity contribution < 1.29 is 80.4 Å². The normalized spacial score (nSPS) is 19.9. The number of rotatable bonds is 14. The van der Waals surface area contributed by atoms with E-state index >= 15 is 0 Å². The monoisotopic (exact) mass is 1190 g/mol. The van der Waals surface area contributed by atoms with Crippen LogP contribution in [0.3, 0.4) is 0 Å². The number of alkyl halides is 8. The van der Waals surface area contributed by atoms with Crippen molar-refractivity contribution >= 4 is 55.8 Å². The van der Waals surface area contributed by atoms with Crippen molar-refractivity contribution in [1.29, 1.82) is 0 Å². The number of Topliss-reactive ketones (excluding diaryl/α,β-unsaturated/α-hetero) is 2. The van der Waals surface area contributed by atoms with Crippen molar-refractivity contribution in [2.24, 2.45) is 0 Å². The molecule has 428 valence electrons. The van der Waals surface area contributed by atoms with Gasteiger partial charge in [-0.15, -0.1) is 0 Å². The number of carbonyl (C=O) groups excluding carboxylic acids is 2. The van der Waals surface area contributed by atoms with Crippen molar-refractivity contribution in [1.82, 2.24) is 28.5 Å². The van der Waals surface area contributed by atoms with Crippen LogP contribution < -0.4 is 5.46 Å². The van der Waals surface area contributed by atoms with Crippen LogP contribution in [0.25, 0.3) is 11.3 Å². The maximum Gasteiger partial charge on any atom is 0.490 e. The molecular weight excluding hydrogens is 1140 g/mol. The highest BCUT2D eigenvalue weighted by molar-refractivity contribution is 7.89. The molecule has 2 aliphatic heterocycles. The second-order valence-electron chi connectivity index (χ2n) is 18.7. The third kappa shape index (κ3) is 15.2. The first-order valence-electron chi connectivity index (χ1n) is 24.2. The van der Waals surface area contributed by atoms with Gasteiger partial charge in [0.25, 0.3) is 0 Å². The lowest BCUT2D eigenvalue weighted by Gasteiger charge is -2.26. The first-order chi connectivity index (χ1) is 37.3.